The first-order chi connectivity index (χ1) is 9.28. The molecule has 3 aromatic rings. The molecule has 0 aromatic carbocycles. The Morgan fingerprint density at radius 3 is 3.16 bits per heavy atom. The van der Waals surface area contributed by atoms with Gasteiger partial charge in [0.15, 0.2) is 5.82 Å². The van der Waals surface area contributed by atoms with Gasteiger partial charge in [-0.2, -0.15) is 8.89 Å². The van der Waals surface area contributed by atoms with Crippen molar-refractivity contribution < 1.29 is 4.74 Å². The maximum absolute atomic E-state index is 5.07. The van der Waals surface area contributed by atoms with E-state index in [1.165, 1.54) is 11.5 Å². The topological polar surface area (TPSA) is 81.3 Å². The first-order valence-electron chi connectivity index (χ1n) is 5.51. The number of fused-ring (bicyclic) bond motifs is 1. The SMILES string of the molecule is COc1cc(CN(C)c2nccn3nnnc23)sn1. The Morgan fingerprint density at radius 1 is 1.47 bits per heavy atom. The molecule has 0 radical (unpaired) electrons. The second-order valence-corrected chi connectivity index (χ2v) is 4.78. The molecule has 19 heavy (non-hydrogen) atoms. The highest BCUT2D eigenvalue weighted by Gasteiger charge is 2.12. The van der Waals surface area contributed by atoms with E-state index in [1.807, 2.05) is 18.0 Å². The predicted octanol–water partition coefficient (Wildman–Crippen LogP) is 0.621. The zero-order valence-corrected chi connectivity index (χ0v) is 11.2. The fraction of sp³-hybridized carbons (Fsp3) is 0.300. The summed E-state index contributed by atoms with van der Waals surface area (Å²) in [6.07, 6.45) is 3.38. The van der Waals surface area contributed by atoms with E-state index in [0.29, 0.717) is 18.1 Å². The van der Waals surface area contributed by atoms with Gasteiger partial charge in [-0.25, -0.2) is 4.98 Å². The second-order valence-electron chi connectivity index (χ2n) is 3.89. The van der Waals surface area contributed by atoms with Crippen LogP contribution in [0.5, 0.6) is 5.88 Å². The second kappa shape index (κ2) is 4.76. The third-order valence-electron chi connectivity index (χ3n) is 2.60. The van der Waals surface area contributed by atoms with Crippen LogP contribution < -0.4 is 9.64 Å². The summed E-state index contributed by atoms with van der Waals surface area (Å²) >= 11 is 1.40. The van der Waals surface area contributed by atoms with E-state index in [4.69, 9.17) is 4.74 Å². The minimum Gasteiger partial charge on any atom is -0.480 e. The molecular formula is C10H11N7OS. The maximum Gasteiger partial charge on any atom is 0.225 e. The van der Waals surface area contributed by atoms with Gasteiger partial charge >= 0.3 is 0 Å². The summed E-state index contributed by atoms with van der Waals surface area (Å²) in [7, 11) is 3.54. The van der Waals surface area contributed by atoms with Gasteiger partial charge in [0.25, 0.3) is 0 Å². The largest absolute Gasteiger partial charge is 0.480 e. The van der Waals surface area contributed by atoms with Crippen LogP contribution in [0.2, 0.25) is 0 Å². The number of hydrogen-bond acceptors (Lipinski definition) is 8. The molecule has 0 saturated heterocycles. The van der Waals surface area contributed by atoms with Crippen molar-refractivity contribution in [1.29, 1.82) is 0 Å². The van der Waals surface area contributed by atoms with Gasteiger partial charge in [0.1, 0.15) is 0 Å². The normalized spacial score (nSPS) is 10.8. The number of anilines is 1. The van der Waals surface area contributed by atoms with Crippen LogP contribution in [0.1, 0.15) is 4.88 Å². The summed E-state index contributed by atoms with van der Waals surface area (Å²) in [5.74, 6) is 1.35. The Bertz CT molecular complexity index is 694. The summed E-state index contributed by atoms with van der Waals surface area (Å²) in [4.78, 5) is 7.37. The molecular weight excluding hydrogens is 266 g/mol. The van der Waals surface area contributed by atoms with E-state index < -0.39 is 0 Å². The molecule has 0 aliphatic heterocycles. The van der Waals surface area contributed by atoms with E-state index in [2.05, 4.69) is 24.9 Å². The maximum atomic E-state index is 5.07. The molecule has 9 heteroatoms. The molecule has 98 valence electrons. The number of ether oxygens (including phenoxy) is 1. The van der Waals surface area contributed by atoms with Crippen molar-refractivity contribution in [3.05, 3.63) is 23.3 Å². The number of nitrogens with zero attached hydrogens (tertiary/aromatic N) is 7. The lowest BCUT2D eigenvalue weighted by atomic mass is 10.4. The van der Waals surface area contributed by atoms with Crippen molar-refractivity contribution in [2.24, 2.45) is 0 Å². The van der Waals surface area contributed by atoms with Crippen LogP contribution in [0.15, 0.2) is 18.5 Å². The molecule has 3 heterocycles. The van der Waals surface area contributed by atoms with Crippen LogP contribution in [0.3, 0.4) is 0 Å². The smallest absolute Gasteiger partial charge is 0.225 e. The number of aromatic nitrogens is 6. The van der Waals surface area contributed by atoms with Crippen molar-refractivity contribution in [3.8, 4) is 5.88 Å². The number of methoxy groups -OCH3 is 1. The Hall–Kier alpha value is -2.29. The van der Waals surface area contributed by atoms with Crippen LogP contribution in [-0.2, 0) is 6.54 Å². The van der Waals surface area contributed by atoms with E-state index in [1.54, 1.807) is 24.0 Å². The lowest BCUT2D eigenvalue weighted by molar-refractivity contribution is 0.402. The first-order valence-corrected chi connectivity index (χ1v) is 6.28. The summed E-state index contributed by atoms with van der Waals surface area (Å²) in [6.45, 7) is 0.667. The number of hydrogen-bond donors (Lipinski definition) is 0. The molecule has 3 rings (SSSR count). The van der Waals surface area contributed by atoms with Crippen LogP contribution in [0, 0.1) is 0 Å². The summed E-state index contributed by atoms with van der Waals surface area (Å²) in [6, 6.07) is 1.91. The van der Waals surface area contributed by atoms with Crippen molar-refractivity contribution >= 4 is 23.0 Å². The predicted molar refractivity (Wildman–Crippen MR) is 69.4 cm³/mol. The quantitative estimate of drug-likeness (QED) is 0.691. The monoisotopic (exact) mass is 277 g/mol. The minimum atomic E-state index is 0.626. The van der Waals surface area contributed by atoms with Gasteiger partial charge in [-0.3, -0.25) is 0 Å². The average molecular weight is 277 g/mol. The molecule has 0 saturated carbocycles. The summed E-state index contributed by atoms with van der Waals surface area (Å²) in [5, 5.41) is 11.4. The van der Waals surface area contributed by atoms with Gasteiger partial charge in [0.2, 0.25) is 11.5 Å². The van der Waals surface area contributed by atoms with Gasteiger partial charge in [-0.1, -0.05) is 0 Å². The number of tetrazole rings is 1. The lowest BCUT2D eigenvalue weighted by Gasteiger charge is -2.16. The van der Waals surface area contributed by atoms with E-state index in [-0.39, 0.29) is 0 Å². The average Bonchev–Trinajstić information content (AvgIpc) is 3.05. The molecule has 0 unspecified atom stereocenters. The third kappa shape index (κ3) is 2.19. The van der Waals surface area contributed by atoms with Gasteiger partial charge in [-0.15, -0.1) is 5.10 Å². The molecule has 8 nitrogen and oxygen atoms in total. The van der Waals surface area contributed by atoms with Crippen LogP contribution in [0.25, 0.3) is 5.65 Å². The molecule has 0 spiro atoms. The molecule has 0 bridgehead atoms. The van der Waals surface area contributed by atoms with E-state index >= 15 is 0 Å². The molecule has 0 amide bonds. The van der Waals surface area contributed by atoms with Crippen molar-refractivity contribution in [2.75, 3.05) is 19.1 Å². The first kappa shape index (κ1) is 11.8. The van der Waals surface area contributed by atoms with E-state index in [9.17, 15) is 0 Å². The molecule has 0 atom stereocenters. The van der Waals surface area contributed by atoms with Gasteiger partial charge in [0, 0.05) is 24.2 Å². The third-order valence-corrected chi connectivity index (χ3v) is 3.35. The zero-order chi connectivity index (χ0) is 13.2. The Kier molecular flexibility index (Phi) is 2.95. The molecule has 0 N–H and O–H groups in total. The highest BCUT2D eigenvalue weighted by atomic mass is 32.1. The lowest BCUT2D eigenvalue weighted by Crippen LogP contribution is -2.18. The number of rotatable bonds is 4. The van der Waals surface area contributed by atoms with Gasteiger partial charge in [0.05, 0.1) is 19.9 Å². The van der Waals surface area contributed by atoms with Crippen molar-refractivity contribution in [1.82, 2.24) is 29.4 Å². The van der Waals surface area contributed by atoms with Gasteiger partial charge in [-0.05, 0) is 22.0 Å². The zero-order valence-electron chi connectivity index (χ0n) is 10.4. The Balaban J connectivity index is 1.87. The van der Waals surface area contributed by atoms with Gasteiger partial charge < -0.3 is 9.64 Å². The standard InChI is InChI=1S/C10H11N7OS/c1-16(6-7-5-8(18-2)13-19-7)9-10-12-14-15-17(10)4-3-11-9/h3-5H,6H2,1-2H3. The fourth-order valence-corrected chi connectivity index (χ4v) is 2.45. The van der Waals surface area contributed by atoms with Crippen molar-refractivity contribution in [3.63, 3.8) is 0 Å². The highest BCUT2D eigenvalue weighted by molar-refractivity contribution is 7.05. The Morgan fingerprint density at radius 2 is 2.37 bits per heavy atom. The molecule has 0 aliphatic rings. The van der Waals surface area contributed by atoms with Crippen LogP contribution >= 0.6 is 11.5 Å². The van der Waals surface area contributed by atoms with E-state index in [0.717, 1.165) is 10.7 Å². The van der Waals surface area contributed by atoms with Crippen LogP contribution in [-0.4, -0.2) is 43.6 Å². The fourth-order valence-electron chi connectivity index (χ4n) is 1.71. The molecule has 0 fully saturated rings. The summed E-state index contributed by atoms with van der Waals surface area (Å²) < 4.78 is 10.8. The Labute approximate surface area is 112 Å². The van der Waals surface area contributed by atoms with Crippen molar-refractivity contribution in [2.45, 2.75) is 6.54 Å². The molecule has 0 aliphatic carbocycles. The highest BCUT2D eigenvalue weighted by Crippen LogP contribution is 2.21. The summed E-state index contributed by atoms with van der Waals surface area (Å²) in [5.41, 5.74) is 0.626. The molecule has 3 aromatic heterocycles. The minimum absolute atomic E-state index is 0.626. The van der Waals surface area contributed by atoms with Crippen LogP contribution in [0.4, 0.5) is 5.82 Å².